The Labute approximate surface area is 120 Å². The van der Waals surface area contributed by atoms with Crippen molar-refractivity contribution >= 4 is 5.95 Å². The molecule has 1 aromatic heterocycles. The second-order valence-corrected chi connectivity index (χ2v) is 4.68. The monoisotopic (exact) mass is 271 g/mol. The van der Waals surface area contributed by atoms with Gasteiger partial charge in [-0.25, -0.2) is 4.98 Å². The molecule has 0 aliphatic carbocycles. The van der Waals surface area contributed by atoms with Crippen molar-refractivity contribution in [3.8, 4) is 5.88 Å². The largest absolute Gasteiger partial charge is 0.478 e. The number of hydrogen-bond acceptors (Lipinski definition) is 4. The molecule has 4 heteroatoms. The molecule has 0 amide bonds. The van der Waals surface area contributed by atoms with Crippen molar-refractivity contribution in [1.29, 1.82) is 0 Å². The first-order valence-electron chi connectivity index (χ1n) is 7.04. The van der Waals surface area contributed by atoms with Crippen LogP contribution in [0.4, 0.5) is 5.95 Å². The molecule has 1 atom stereocenters. The van der Waals surface area contributed by atoms with E-state index in [2.05, 4.69) is 46.5 Å². The number of anilines is 1. The van der Waals surface area contributed by atoms with Crippen LogP contribution in [-0.2, 0) is 0 Å². The van der Waals surface area contributed by atoms with E-state index in [-0.39, 0.29) is 0 Å². The van der Waals surface area contributed by atoms with Crippen LogP contribution in [-0.4, -0.2) is 23.1 Å². The first-order valence-corrected chi connectivity index (χ1v) is 7.04. The quantitative estimate of drug-likeness (QED) is 0.837. The number of benzene rings is 1. The van der Waals surface area contributed by atoms with E-state index in [0.717, 1.165) is 13.0 Å². The van der Waals surface area contributed by atoms with Crippen LogP contribution < -0.4 is 10.1 Å². The Balaban J connectivity index is 1.82. The summed E-state index contributed by atoms with van der Waals surface area (Å²) in [6.45, 7) is 5.62. The molecule has 0 aliphatic rings. The van der Waals surface area contributed by atoms with E-state index in [4.69, 9.17) is 4.74 Å². The van der Waals surface area contributed by atoms with Crippen LogP contribution in [0.2, 0.25) is 0 Å². The maximum absolute atomic E-state index is 5.35. The van der Waals surface area contributed by atoms with Crippen LogP contribution in [0.25, 0.3) is 0 Å². The fraction of sp³-hybridized carbons (Fsp3) is 0.375. The molecule has 2 rings (SSSR count). The van der Waals surface area contributed by atoms with Gasteiger partial charge in [0.15, 0.2) is 0 Å². The van der Waals surface area contributed by atoms with E-state index < -0.39 is 0 Å². The van der Waals surface area contributed by atoms with Gasteiger partial charge >= 0.3 is 0 Å². The molecule has 0 fully saturated rings. The lowest BCUT2D eigenvalue weighted by molar-refractivity contribution is 0.326. The predicted octanol–water partition coefficient (Wildman–Crippen LogP) is 3.48. The Hall–Kier alpha value is -2.10. The third-order valence-electron chi connectivity index (χ3n) is 3.15. The number of rotatable bonds is 7. The highest BCUT2D eigenvalue weighted by molar-refractivity contribution is 5.27. The Morgan fingerprint density at radius 3 is 2.75 bits per heavy atom. The first kappa shape index (κ1) is 14.3. The molecule has 4 nitrogen and oxygen atoms in total. The highest BCUT2D eigenvalue weighted by atomic mass is 16.5. The van der Waals surface area contributed by atoms with Gasteiger partial charge in [-0.05, 0) is 24.8 Å². The molecule has 1 N–H and O–H groups in total. The first-order chi connectivity index (χ1) is 9.79. The summed E-state index contributed by atoms with van der Waals surface area (Å²) in [5.41, 5.74) is 1.36. The minimum atomic E-state index is 0.513. The number of ether oxygens (including phenoxy) is 1. The van der Waals surface area contributed by atoms with Crippen LogP contribution in [0, 0.1) is 0 Å². The molecule has 20 heavy (non-hydrogen) atoms. The topological polar surface area (TPSA) is 47.0 Å². The lowest BCUT2D eigenvalue weighted by Gasteiger charge is -2.12. The van der Waals surface area contributed by atoms with E-state index in [1.54, 1.807) is 12.3 Å². The summed E-state index contributed by atoms with van der Waals surface area (Å²) in [4.78, 5) is 8.48. The fourth-order valence-electron chi connectivity index (χ4n) is 2.00. The highest BCUT2D eigenvalue weighted by Gasteiger charge is 2.05. The molecule has 0 bridgehead atoms. The van der Waals surface area contributed by atoms with Crippen molar-refractivity contribution < 1.29 is 4.74 Å². The summed E-state index contributed by atoms with van der Waals surface area (Å²) in [6.07, 6.45) is 2.74. The normalized spacial score (nSPS) is 11.9. The molecule has 1 unspecified atom stereocenters. The zero-order valence-corrected chi connectivity index (χ0v) is 12.0. The van der Waals surface area contributed by atoms with Gasteiger partial charge in [0.1, 0.15) is 0 Å². The number of aromatic nitrogens is 2. The second kappa shape index (κ2) is 7.48. The Bertz CT molecular complexity index is 516. The van der Waals surface area contributed by atoms with Gasteiger partial charge in [-0.15, -0.1) is 0 Å². The minimum Gasteiger partial charge on any atom is -0.478 e. The van der Waals surface area contributed by atoms with Crippen LogP contribution in [0.15, 0.2) is 42.6 Å². The van der Waals surface area contributed by atoms with Gasteiger partial charge < -0.3 is 10.1 Å². The van der Waals surface area contributed by atoms with Gasteiger partial charge in [0.2, 0.25) is 11.8 Å². The zero-order valence-electron chi connectivity index (χ0n) is 12.0. The lowest BCUT2D eigenvalue weighted by Crippen LogP contribution is -2.09. The van der Waals surface area contributed by atoms with Crippen LogP contribution in [0.5, 0.6) is 5.88 Å². The van der Waals surface area contributed by atoms with E-state index in [1.807, 2.05) is 13.0 Å². The van der Waals surface area contributed by atoms with Gasteiger partial charge in [0.05, 0.1) is 6.61 Å². The van der Waals surface area contributed by atoms with Crippen LogP contribution in [0.1, 0.15) is 31.7 Å². The van der Waals surface area contributed by atoms with Crippen LogP contribution in [0.3, 0.4) is 0 Å². The molecule has 0 aliphatic heterocycles. The summed E-state index contributed by atoms with van der Waals surface area (Å²) < 4.78 is 5.35. The molecule has 1 heterocycles. The van der Waals surface area contributed by atoms with E-state index in [9.17, 15) is 0 Å². The molecule has 0 spiro atoms. The Morgan fingerprint density at radius 2 is 2.00 bits per heavy atom. The highest BCUT2D eigenvalue weighted by Crippen LogP contribution is 2.18. The standard InChI is InChI=1S/C16H21N3O/c1-3-20-15-10-12-18-16(19-15)17-11-9-13(2)14-7-5-4-6-8-14/h4-8,10,12-13H,3,9,11H2,1-2H3,(H,17,18,19). The average molecular weight is 271 g/mol. The summed E-state index contributed by atoms with van der Waals surface area (Å²) >= 11 is 0. The van der Waals surface area contributed by atoms with Gasteiger partial charge in [0.25, 0.3) is 0 Å². The van der Waals surface area contributed by atoms with Gasteiger partial charge in [-0.3, -0.25) is 0 Å². The maximum Gasteiger partial charge on any atom is 0.225 e. The van der Waals surface area contributed by atoms with Gasteiger partial charge in [0, 0.05) is 18.8 Å². The lowest BCUT2D eigenvalue weighted by atomic mass is 9.98. The average Bonchev–Trinajstić information content (AvgIpc) is 2.49. The number of nitrogens with zero attached hydrogens (tertiary/aromatic N) is 2. The molecule has 0 saturated heterocycles. The van der Waals surface area contributed by atoms with Crippen molar-refractivity contribution in [3.05, 3.63) is 48.2 Å². The number of nitrogens with one attached hydrogen (secondary N) is 1. The van der Waals surface area contributed by atoms with Crippen molar-refractivity contribution in [1.82, 2.24) is 9.97 Å². The van der Waals surface area contributed by atoms with E-state index in [0.29, 0.717) is 24.4 Å². The molecular weight excluding hydrogens is 250 g/mol. The summed E-state index contributed by atoms with van der Waals surface area (Å²) in [7, 11) is 0. The smallest absolute Gasteiger partial charge is 0.225 e. The van der Waals surface area contributed by atoms with Crippen molar-refractivity contribution in [2.45, 2.75) is 26.2 Å². The predicted molar refractivity (Wildman–Crippen MR) is 81.2 cm³/mol. The van der Waals surface area contributed by atoms with Crippen molar-refractivity contribution in [2.75, 3.05) is 18.5 Å². The third-order valence-corrected chi connectivity index (χ3v) is 3.15. The molecule has 106 valence electrons. The summed E-state index contributed by atoms with van der Waals surface area (Å²) in [6, 6.07) is 12.3. The molecular formula is C16H21N3O. The Morgan fingerprint density at radius 1 is 1.20 bits per heavy atom. The van der Waals surface area contributed by atoms with Crippen molar-refractivity contribution in [3.63, 3.8) is 0 Å². The summed E-state index contributed by atoms with van der Waals surface area (Å²) in [5, 5.41) is 3.24. The minimum absolute atomic E-state index is 0.513. The molecule has 0 saturated carbocycles. The number of hydrogen-bond donors (Lipinski definition) is 1. The fourth-order valence-corrected chi connectivity index (χ4v) is 2.00. The van der Waals surface area contributed by atoms with Gasteiger partial charge in [-0.1, -0.05) is 37.3 Å². The van der Waals surface area contributed by atoms with Gasteiger partial charge in [-0.2, -0.15) is 4.98 Å². The van der Waals surface area contributed by atoms with E-state index >= 15 is 0 Å². The van der Waals surface area contributed by atoms with Crippen LogP contribution >= 0.6 is 0 Å². The molecule has 0 radical (unpaired) electrons. The third kappa shape index (κ3) is 4.23. The molecule has 1 aromatic carbocycles. The summed E-state index contributed by atoms with van der Waals surface area (Å²) in [5.74, 6) is 1.75. The Kier molecular flexibility index (Phi) is 5.35. The maximum atomic E-state index is 5.35. The molecule has 2 aromatic rings. The SMILES string of the molecule is CCOc1ccnc(NCCC(C)c2ccccc2)n1. The zero-order chi connectivity index (χ0) is 14.2. The van der Waals surface area contributed by atoms with E-state index in [1.165, 1.54) is 5.56 Å². The second-order valence-electron chi connectivity index (χ2n) is 4.68. The van der Waals surface area contributed by atoms with Crippen molar-refractivity contribution in [2.24, 2.45) is 0 Å².